The number of ether oxygens (including phenoxy) is 1. The van der Waals surface area contributed by atoms with Gasteiger partial charge < -0.3 is 10.1 Å². The van der Waals surface area contributed by atoms with E-state index in [4.69, 9.17) is 39.5 Å². The normalized spacial score (nSPS) is 12.5. The summed E-state index contributed by atoms with van der Waals surface area (Å²) in [5.41, 5.74) is 0.280. The first kappa shape index (κ1) is 20.8. The molecule has 0 aliphatic heterocycles. The second-order valence-corrected chi connectivity index (χ2v) is 8.14. The summed E-state index contributed by atoms with van der Waals surface area (Å²) >= 11 is 17.8. The Balaban J connectivity index is 2.14. The van der Waals surface area contributed by atoms with E-state index in [0.29, 0.717) is 5.75 Å². The molecule has 0 saturated heterocycles. The molecule has 2 aromatic rings. The molecule has 26 heavy (non-hydrogen) atoms. The van der Waals surface area contributed by atoms with E-state index in [1.54, 1.807) is 18.2 Å². The highest BCUT2D eigenvalue weighted by molar-refractivity contribution is 7.89. The fourth-order valence-corrected chi connectivity index (χ4v) is 3.91. The Bertz CT molecular complexity index is 935. The zero-order chi connectivity index (χ0) is 19.5. The van der Waals surface area contributed by atoms with Gasteiger partial charge in [-0.2, -0.15) is 4.72 Å². The molecule has 0 radical (unpaired) electrons. The number of methoxy groups -OCH3 is 1. The topological polar surface area (TPSA) is 84.5 Å². The summed E-state index contributed by atoms with van der Waals surface area (Å²) in [6, 6.07) is 7.64. The Morgan fingerprint density at radius 3 is 2.42 bits per heavy atom. The summed E-state index contributed by atoms with van der Waals surface area (Å²) in [6.07, 6.45) is 0. The summed E-state index contributed by atoms with van der Waals surface area (Å²) in [5, 5.41) is 3.10. The van der Waals surface area contributed by atoms with Gasteiger partial charge in [0.2, 0.25) is 15.9 Å². The lowest BCUT2D eigenvalue weighted by molar-refractivity contribution is -0.117. The van der Waals surface area contributed by atoms with E-state index in [2.05, 4.69) is 10.0 Å². The van der Waals surface area contributed by atoms with Crippen LogP contribution in [0.1, 0.15) is 6.92 Å². The Labute approximate surface area is 166 Å². The van der Waals surface area contributed by atoms with Crippen LogP contribution in [0.3, 0.4) is 0 Å². The predicted molar refractivity (Wildman–Crippen MR) is 103 cm³/mol. The number of hydrogen-bond donors (Lipinski definition) is 2. The number of anilines is 1. The lowest BCUT2D eigenvalue weighted by atomic mass is 10.3. The highest BCUT2D eigenvalue weighted by atomic mass is 35.5. The van der Waals surface area contributed by atoms with Crippen molar-refractivity contribution in [2.24, 2.45) is 0 Å². The van der Waals surface area contributed by atoms with Crippen molar-refractivity contribution in [3.8, 4) is 5.75 Å². The molecule has 2 rings (SSSR count). The molecule has 0 aliphatic rings. The van der Waals surface area contributed by atoms with Crippen LogP contribution in [0.5, 0.6) is 5.75 Å². The molecular formula is C16H15Cl3N2O4S. The molecule has 2 aromatic carbocycles. The summed E-state index contributed by atoms with van der Waals surface area (Å²) in [5.74, 6) is -0.260. The largest absolute Gasteiger partial charge is 0.495 e. The van der Waals surface area contributed by atoms with Crippen LogP contribution in [0.25, 0.3) is 0 Å². The van der Waals surface area contributed by atoms with Crippen molar-refractivity contribution >= 4 is 56.4 Å². The van der Waals surface area contributed by atoms with Crippen LogP contribution in [-0.2, 0) is 14.8 Å². The number of amides is 1. The quantitative estimate of drug-likeness (QED) is 0.716. The maximum Gasteiger partial charge on any atom is 0.242 e. The maximum absolute atomic E-state index is 12.4. The minimum absolute atomic E-state index is 0.0938. The van der Waals surface area contributed by atoms with Crippen molar-refractivity contribution in [1.82, 2.24) is 4.72 Å². The lowest BCUT2D eigenvalue weighted by Crippen LogP contribution is -2.41. The molecule has 10 heteroatoms. The Morgan fingerprint density at radius 2 is 1.81 bits per heavy atom. The van der Waals surface area contributed by atoms with Gasteiger partial charge in [0.05, 0.1) is 38.8 Å². The number of sulfonamides is 1. The molecule has 0 aromatic heterocycles. The molecule has 0 unspecified atom stereocenters. The highest BCUT2D eigenvalue weighted by Crippen LogP contribution is 2.30. The molecule has 1 amide bonds. The predicted octanol–water partition coefficient (Wildman–Crippen LogP) is 3.96. The monoisotopic (exact) mass is 436 g/mol. The van der Waals surface area contributed by atoms with E-state index in [9.17, 15) is 13.2 Å². The van der Waals surface area contributed by atoms with E-state index >= 15 is 0 Å². The number of benzene rings is 2. The standard InChI is InChI=1S/C16H15Cl3N2O4S/c1-9(16(22)20-13-5-3-4-11(17)15(13)19)21-26(23,24)10-6-7-14(25-2)12(18)8-10/h3-9,21H,1-2H3,(H,20,22)/t9-/m0/s1. The van der Waals surface area contributed by atoms with E-state index in [0.717, 1.165) is 0 Å². The fourth-order valence-electron chi connectivity index (χ4n) is 2.01. The van der Waals surface area contributed by atoms with E-state index in [1.807, 2.05) is 0 Å². The van der Waals surface area contributed by atoms with Crippen molar-refractivity contribution in [1.29, 1.82) is 0 Å². The van der Waals surface area contributed by atoms with Crippen LogP contribution >= 0.6 is 34.8 Å². The summed E-state index contributed by atoms with van der Waals surface area (Å²) < 4.78 is 32.1. The number of carbonyl (C=O) groups is 1. The van der Waals surface area contributed by atoms with E-state index in [-0.39, 0.29) is 25.7 Å². The summed E-state index contributed by atoms with van der Waals surface area (Å²) in [7, 11) is -2.55. The lowest BCUT2D eigenvalue weighted by Gasteiger charge is -2.16. The number of carbonyl (C=O) groups excluding carboxylic acids is 1. The third-order valence-electron chi connectivity index (χ3n) is 3.37. The molecule has 1 atom stereocenters. The maximum atomic E-state index is 12.4. The molecule has 6 nitrogen and oxygen atoms in total. The van der Waals surface area contributed by atoms with Crippen LogP contribution in [0, 0.1) is 0 Å². The third-order valence-corrected chi connectivity index (χ3v) is 6.02. The SMILES string of the molecule is COc1ccc(S(=O)(=O)N[C@@H](C)C(=O)Nc2cccc(Cl)c2Cl)cc1Cl. The smallest absolute Gasteiger partial charge is 0.242 e. The van der Waals surface area contributed by atoms with Crippen LogP contribution < -0.4 is 14.8 Å². The molecule has 0 aliphatic carbocycles. The van der Waals surface area contributed by atoms with Gasteiger partial charge >= 0.3 is 0 Å². The van der Waals surface area contributed by atoms with Gasteiger partial charge in [-0.1, -0.05) is 40.9 Å². The van der Waals surface area contributed by atoms with Crippen LogP contribution in [-0.4, -0.2) is 27.5 Å². The molecule has 140 valence electrons. The third kappa shape index (κ3) is 4.81. The van der Waals surface area contributed by atoms with Gasteiger partial charge in [-0.15, -0.1) is 0 Å². The van der Waals surface area contributed by atoms with Gasteiger partial charge in [-0.25, -0.2) is 8.42 Å². The number of hydrogen-bond acceptors (Lipinski definition) is 4. The molecule has 0 bridgehead atoms. The Hall–Kier alpha value is -1.51. The molecular weight excluding hydrogens is 423 g/mol. The van der Waals surface area contributed by atoms with Crippen molar-refractivity contribution in [3.63, 3.8) is 0 Å². The zero-order valence-electron chi connectivity index (χ0n) is 13.7. The van der Waals surface area contributed by atoms with Crippen LogP contribution in [0.4, 0.5) is 5.69 Å². The van der Waals surface area contributed by atoms with E-state index < -0.39 is 22.0 Å². The fraction of sp³-hybridized carbons (Fsp3) is 0.188. The van der Waals surface area contributed by atoms with Crippen molar-refractivity contribution in [3.05, 3.63) is 51.5 Å². The van der Waals surface area contributed by atoms with Crippen LogP contribution in [0.2, 0.25) is 15.1 Å². The summed E-state index contributed by atoms with van der Waals surface area (Å²) in [4.78, 5) is 12.2. The van der Waals surface area contributed by atoms with Gasteiger partial charge in [0.25, 0.3) is 0 Å². The molecule has 0 heterocycles. The first-order chi connectivity index (χ1) is 12.2. The minimum Gasteiger partial charge on any atom is -0.495 e. The average molecular weight is 438 g/mol. The zero-order valence-corrected chi connectivity index (χ0v) is 16.8. The van der Waals surface area contributed by atoms with Gasteiger partial charge in [0, 0.05) is 0 Å². The van der Waals surface area contributed by atoms with Crippen molar-refractivity contribution in [2.45, 2.75) is 17.9 Å². The second kappa shape index (κ2) is 8.45. The van der Waals surface area contributed by atoms with Gasteiger partial charge in [0.15, 0.2) is 0 Å². The van der Waals surface area contributed by atoms with Gasteiger partial charge in [-0.05, 0) is 37.3 Å². The number of halogens is 3. The molecule has 0 saturated carbocycles. The molecule has 2 N–H and O–H groups in total. The van der Waals surface area contributed by atoms with E-state index in [1.165, 1.54) is 32.2 Å². The number of rotatable bonds is 6. The molecule has 0 fully saturated rings. The van der Waals surface area contributed by atoms with Gasteiger partial charge in [0.1, 0.15) is 5.75 Å². The second-order valence-electron chi connectivity index (χ2n) is 5.23. The first-order valence-electron chi connectivity index (χ1n) is 7.26. The Kier molecular flexibility index (Phi) is 6.76. The average Bonchev–Trinajstić information content (AvgIpc) is 2.58. The van der Waals surface area contributed by atoms with Crippen molar-refractivity contribution < 1.29 is 17.9 Å². The number of nitrogens with one attached hydrogen (secondary N) is 2. The van der Waals surface area contributed by atoms with Crippen LogP contribution in [0.15, 0.2) is 41.3 Å². The Morgan fingerprint density at radius 1 is 1.12 bits per heavy atom. The van der Waals surface area contributed by atoms with Gasteiger partial charge in [-0.3, -0.25) is 4.79 Å². The highest BCUT2D eigenvalue weighted by Gasteiger charge is 2.23. The minimum atomic E-state index is -3.97. The molecule has 0 spiro atoms. The summed E-state index contributed by atoms with van der Waals surface area (Å²) in [6.45, 7) is 1.40. The van der Waals surface area contributed by atoms with Crippen molar-refractivity contribution in [2.75, 3.05) is 12.4 Å². The first-order valence-corrected chi connectivity index (χ1v) is 9.88.